The molecule has 2 aliphatic rings. The minimum atomic E-state index is 0.442. The SMILES string of the molecule is CC(=O)C1[C@H]2CCCC[C@@H]12. The molecule has 0 saturated heterocycles. The van der Waals surface area contributed by atoms with Gasteiger partial charge in [-0.1, -0.05) is 12.8 Å². The molecule has 0 aromatic rings. The molecule has 3 atom stereocenters. The van der Waals surface area contributed by atoms with Gasteiger partial charge < -0.3 is 0 Å². The monoisotopic (exact) mass is 138 g/mol. The van der Waals surface area contributed by atoms with Gasteiger partial charge in [-0.3, -0.25) is 4.79 Å². The maximum Gasteiger partial charge on any atom is 0.133 e. The first-order valence-electron chi connectivity index (χ1n) is 4.31. The minimum absolute atomic E-state index is 0.442. The van der Waals surface area contributed by atoms with E-state index in [-0.39, 0.29) is 0 Å². The zero-order valence-corrected chi connectivity index (χ0v) is 6.47. The summed E-state index contributed by atoms with van der Waals surface area (Å²) in [6.45, 7) is 1.75. The van der Waals surface area contributed by atoms with Gasteiger partial charge in [-0.05, 0) is 31.6 Å². The van der Waals surface area contributed by atoms with Crippen LogP contribution in [0.25, 0.3) is 0 Å². The molecule has 0 N–H and O–H groups in total. The van der Waals surface area contributed by atoms with E-state index in [1.807, 2.05) is 0 Å². The van der Waals surface area contributed by atoms with Crippen LogP contribution in [0.5, 0.6) is 0 Å². The summed E-state index contributed by atoms with van der Waals surface area (Å²) in [4.78, 5) is 11.0. The second kappa shape index (κ2) is 2.08. The Morgan fingerprint density at radius 2 is 1.70 bits per heavy atom. The number of Topliss-reactive ketones (excluding diaryl/α,β-unsaturated/α-hetero) is 1. The molecule has 0 spiro atoms. The number of rotatable bonds is 1. The predicted octanol–water partition coefficient (Wildman–Crippen LogP) is 2.01. The molecule has 0 amide bonds. The summed E-state index contributed by atoms with van der Waals surface area (Å²) in [6, 6.07) is 0. The molecule has 1 unspecified atom stereocenters. The van der Waals surface area contributed by atoms with Crippen molar-refractivity contribution in [1.29, 1.82) is 0 Å². The average molecular weight is 138 g/mol. The lowest BCUT2D eigenvalue weighted by Crippen LogP contribution is -1.94. The first-order valence-corrected chi connectivity index (χ1v) is 4.31. The van der Waals surface area contributed by atoms with Crippen LogP contribution in [0, 0.1) is 17.8 Å². The van der Waals surface area contributed by atoms with Crippen molar-refractivity contribution in [2.75, 3.05) is 0 Å². The lowest BCUT2D eigenvalue weighted by atomic mass is 10.0. The Hall–Kier alpha value is -0.330. The molecule has 0 aliphatic heterocycles. The predicted molar refractivity (Wildman–Crippen MR) is 39.6 cm³/mol. The highest BCUT2D eigenvalue weighted by Crippen LogP contribution is 2.55. The van der Waals surface area contributed by atoms with Crippen LogP contribution in [0.2, 0.25) is 0 Å². The van der Waals surface area contributed by atoms with Gasteiger partial charge in [0.2, 0.25) is 0 Å². The molecule has 0 heterocycles. The van der Waals surface area contributed by atoms with Gasteiger partial charge >= 0.3 is 0 Å². The van der Waals surface area contributed by atoms with E-state index < -0.39 is 0 Å². The molecule has 0 bridgehead atoms. The lowest BCUT2D eigenvalue weighted by molar-refractivity contribution is -0.118. The van der Waals surface area contributed by atoms with Crippen LogP contribution >= 0.6 is 0 Å². The Morgan fingerprint density at radius 1 is 1.20 bits per heavy atom. The molecule has 56 valence electrons. The van der Waals surface area contributed by atoms with Crippen LogP contribution in [0.1, 0.15) is 32.6 Å². The molecule has 0 aromatic carbocycles. The van der Waals surface area contributed by atoms with E-state index >= 15 is 0 Å². The summed E-state index contributed by atoms with van der Waals surface area (Å²) in [7, 11) is 0. The smallest absolute Gasteiger partial charge is 0.133 e. The van der Waals surface area contributed by atoms with Crippen LogP contribution in [0.3, 0.4) is 0 Å². The fourth-order valence-corrected chi connectivity index (χ4v) is 2.60. The van der Waals surface area contributed by atoms with E-state index in [2.05, 4.69) is 0 Å². The van der Waals surface area contributed by atoms with Crippen LogP contribution in [0.4, 0.5) is 0 Å². The minimum Gasteiger partial charge on any atom is -0.300 e. The van der Waals surface area contributed by atoms with Crippen LogP contribution in [-0.2, 0) is 4.79 Å². The number of fused-ring (bicyclic) bond motifs is 1. The molecular weight excluding hydrogens is 124 g/mol. The van der Waals surface area contributed by atoms with Gasteiger partial charge in [0.25, 0.3) is 0 Å². The van der Waals surface area contributed by atoms with Gasteiger partial charge in [-0.25, -0.2) is 0 Å². The maximum atomic E-state index is 11.0. The maximum absolute atomic E-state index is 11.0. The molecule has 2 aliphatic carbocycles. The fraction of sp³-hybridized carbons (Fsp3) is 0.889. The van der Waals surface area contributed by atoms with Crippen LogP contribution in [-0.4, -0.2) is 5.78 Å². The second-order valence-electron chi connectivity index (χ2n) is 3.75. The van der Waals surface area contributed by atoms with E-state index in [1.54, 1.807) is 6.92 Å². The zero-order chi connectivity index (χ0) is 7.14. The van der Waals surface area contributed by atoms with Gasteiger partial charge in [-0.2, -0.15) is 0 Å². The topological polar surface area (TPSA) is 17.1 Å². The molecular formula is C9H14O. The summed E-state index contributed by atoms with van der Waals surface area (Å²) in [6.07, 6.45) is 5.39. The van der Waals surface area contributed by atoms with Gasteiger partial charge in [0.05, 0.1) is 0 Å². The van der Waals surface area contributed by atoms with Crippen molar-refractivity contribution in [2.24, 2.45) is 17.8 Å². The molecule has 1 nitrogen and oxygen atoms in total. The zero-order valence-electron chi connectivity index (χ0n) is 6.47. The van der Waals surface area contributed by atoms with Crippen molar-refractivity contribution >= 4 is 5.78 Å². The van der Waals surface area contributed by atoms with Gasteiger partial charge in [0, 0.05) is 5.92 Å². The first-order chi connectivity index (χ1) is 4.80. The Kier molecular flexibility index (Phi) is 1.33. The standard InChI is InChI=1S/C9H14O/c1-6(10)9-7-4-2-3-5-8(7)9/h7-9H,2-5H2,1H3/t7-,8+,9?. The summed E-state index contributed by atoms with van der Waals surface area (Å²) in [5.74, 6) is 2.55. The van der Waals surface area contributed by atoms with Crippen molar-refractivity contribution < 1.29 is 4.79 Å². The number of hydrogen-bond acceptors (Lipinski definition) is 1. The molecule has 0 radical (unpaired) electrons. The summed E-state index contributed by atoms with van der Waals surface area (Å²) < 4.78 is 0. The molecule has 1 heteroatoms. The van der Waals surface area contributed by atoms with Crippen molar-refractivity contribution in [1.82, 2.24) is 0 Å². The van der Waals surface area contributed by atoms with Gasteiger partial charge in [-0.15, -0.1) is 0 Å². The first kappa shape index (κ1) is 6.38. The van der Waals surface area contributed by atoms with Crippen molar-refractivity contribution in [3.63, 3.8) is 0 Å². The van der Waals surface area contributed by atoms with Crippen molar-refractivity contribution in [3.05, 3.63) is 0 Å². The third-order valence-electron chi connectivity index (χ3n) is 3.13. The Balaban J connectivity index is 1.99. The normalized spacial score (nSPS) is 44.3. The van der Waals surface area contributed by atoms with Crippen molar-refractivity contribution in [3.8, 4) is 0 Å². The second-order valence-corrected chi connectivity index (χ2v) is 3.75. The van der Waals surface area contributed by atoms with Crippen LogP contribution < -0.4 is 0 Å². The highest BCUT2D eigenvalue weighted by Gasteiger charge is 2.52. The lowest BCUT2D eigenvalue weighted by Gasteiger charge is -2.04. The highest BCUT2D eigenvalue weighted by atomic mass is 16.1. The quantitative estimate of drug-likeness (QED) is 0.541. The summed E-state index contributed by atoms with van der Waals surface area (Å²) in [5.41, 5.74) is 0. The van der Waals surface area contributed by atoms with E-state index in [4.69, 9.17) is 0 Å². The number of hydrogen-bond donors (Lipinski definition) is 0. The third kappa shape index (κ3) is 0.799. The summed E-state index contributed by atoms with van der Waals surface area (Å²) >= 11 is 0. The highest BCUT2D eigenvalue weighted by molar-refractivity contribution is 5.81. The van der Waals surface area contributed by atoms with Gasteiger partial charge in [0.1, 0.15) is 5.78 Å². The fourth-order valence-electron chi connectivity index (χ4n) is 2.60. The number of carbonyl (C=O) groups excluding carboxylic acids is 1. The average Bonchev–Trinajstić information content (AvgIpc) is 2.60. The number of ketones is 1. The molecule has 2 saturated carbocycles. The largest absolute Gasteiger partial charge is 0.300 e. The van der Waals surface area contributed by atoms with E-state index in [0.29, 0.717) is 11.7 Å². The van der Waals surface area contributed by atoms with E-state index in [9.17, 15) is 4.79 Å². The number of carbonyl (C=O) groups is 1. The summed E-state index contributed by atoms with van der Waals surface area (Å²) in [5, 5.41) is 0. The Morgan fingerprint density at radius 3 is 2.10 bits per heavy atom. The Labute approximate surface area is 61.8 Å². The third-order valence-corrected chi connectivity index (χ3v) is 3.13. The van der Waals surface area contributed by atoms with Crippen molar-refractivity contribution in [2.45, 2.75) is 32.6 Å². The van der Waals surface area contributed by atoms with Crippen LogP contribution in [0.15, 0.2) is 0 Å². The molecule has 0 aromatic heterocycles. The molecule has 2 rings (SSSR count). The molecule has 10 heavy (non-hydrogen) atoms. The van der Waals surface area contributed by atoms with Gasteiger partial charge in [0.15, 0.2) is 0 Å². The van der Waals surface area contributed by atoms with E-state index in [0.717, 1.165) is 11.8 Å². The Bertz CT molecular complexity index is 150. The van der Waals surface area contributed by atoms with E-state index in [1.165, 1.54) is 25.7 Å². The molecule has 2 fully saturated rings.